The molecule has 4 N–H and O–H groups in total. The second-order valence-corrected chi connectivity index (χ2v) is 7.60. The highest BCUT2D eigenvalue weighted by atomic mass is 32.2. The van der Waals surface area contributed by atoms with Crippen molar-refractivity contribution >= 4 is 15.9 Å². The number of rotatable bonds is 5. The number of benzene rings is 1. The summed E-state index contributed by atoms with van der Waals surface area (Å²) in [6, 6.07) is 6.41. The standard InChI is InChI=1S/C15H23N3O3S/c1-15(8-2-9-17-11-15)14(19)18-10-7-12-3-5-13(6-4-12)22(16,20)21/h3-6,17H,2,7-11H2,1H3,(H,18,19)(H2,16,20,21). The summed E-state index contributed by atoms with van der Waals surface area (Å²) in [6.45, 7) is 4.19. The highest BCUT2D eigenvalue weighted by Crippen LogP contribution is 2.25. The van der Waals surface area contributed by atoms with Crippen molar-refractivity contribution in [3.8, 4) is 0 Å². The fraction of sp³-hybridized carbons (Fsp3) is 0.533. The van der Waals surface area contributed by atoms with Gasteiger partial charge in [-0.05, 0) is 50.4 Å². The molecule has 1 heterocycles. The van der Waals surface area contributed by atoms with Crippen LogP contribution in [-0.4, -0.2) is 34.0 Å². The van der Waals surface area contributed by atoms with Gasteiger partial charge in [-0.2, -0.15) is 0 Å². The van der Waals surface area contributed by atoms with Crippen LogP contribution in [0.25, 0.3) is 0 Å². The molecule has 1 aliphatic heterocycles. The van der Waals surface area contributed by atoms with E-state index in [1.54, 1.807) is 12.1 Å². The summed E-state index contributed by atoms with van der Waals surface area (Å²) in [6.07, 6.45) is 2.56. The zero-order valence-corrected chi connectivity index (χ0v) is 13.6. The average molecular weight is 325 g/mol. The number of hydrogen-bond donors (Lipinski definition) is 3. The normalized spacial score (nSPS) is 22.3. The first-order valence-corrected chi connectivity index (χ1v) is 8.97. The molecule has 1 unspecified atom stereocenters. The Morgan fingerprint density at radius 1 is 1.36 bits per heavy atom. The van der Waals surface area contributed by atoms with Crippen molar-refractivity contribution in [2.24, 2.45) is 10.6 Å². The molecule has 0 aromatic heterocycles. The molecule has 2 rings (SSSR count). The smallest absolute Gasteiger partial charge is 0.238 e. The van der Waals surface area contributed by atoms with Gasteiger partial charge in [0, 0.05) is 13.1 Å². The van der Waals surface area contributed by atoms with Gasteiger partial charge in [-0.25, -0.2) is 13.6 Å². The van der Waals surface area contributed by atoms with E-state index in [4.69, 9.17) is 5.14 Å². The molecule has 0 spiro atoms. The summed E-state index contributed by atoms with van der Waals surface area (Å²) < 4.78 is 22.3. The van der Waals surface area contributed by atoms with Crippen molar-refractivity contribution < 1.29 is 13.2 Å². The van der Waals surface area contributed by atoms with Crippen molar-refractivity contribution in [3.63, 3.8) is 0 Å². The maximum Gasteiger partial charge on any atom is 0.238 e. The Morgan fingerprint density at radius 2 is 2.05 bits per heavy atom. The maximum absolute atomic E-state index is 12.2. The van der Waals surface area contributed by atoms with Gasteiger partial charge in [-0.1, -0.05) is 12.1 Å². The molecule has 1 aromatic rings. The lowest BCUT2D eigenvalue weighted by Gasteiger charge is -2.32. The van der Waals surface area contributed by atoms with Crippen molar-refractivity contribution in [1.82, 2.24) is 10.6 Å². The predicted octanol–water partition coefficient (Wildman–Crippen LogP) is 0.382. The molecular weight excluding hydrogens is 302 g/mol. The monoisotopic (exact) mass is 325 g/mol. The molecule has 7 heteroatoms. The highest BCUT2D eigenvalue weighted by molar-refractivity contribution is 7.89. The second-order valence-electron chi connectivity index (χ2n) is 6.04. The van der Waals surface area contributed by atoms with Crippen molar-refractivity contribution in [1.29, 1.82) is 0 Å². The molecular formula is C15H23N3O3S. The molecule has 1 saturated heterocycles. The van der Waals surface area contributed by atoms with Crippen LogP contribution < -0.4 is 15.8 Å². The SMILES string of the molecule is CC1(C(=O)NCCc2ccc(S(N)(=O)=O)cc2)CCCNC1. The van der Waals surface area contributed by atoms with Crippen LogP contribution in [0.3, 0.4) is 0 Å². The van der Waals surface area contributed by atoms with Gasteiger partial charge in [0.2, 0.25) is 15.9 Å². The number of amides is 1. The number of primary sulfonamides is 1. The van der Waals surface area contributed by atoms with Crippen LogP contribution in [0, 0.1) is 5.41 Å². The molecule has 0 radical (unpaired) electrons. The quantitative estimate of drug-likeness (QED) is 0.728. The van der Waals surface area contributed by atoms with Crippen LogP contribution >= 0.6 is 0 Å². The summed E-state index contributed by atoms with van der Waals surface area (Å²) in [5.74, 6) is 0.0702. The summed E-state index contributed by atoms with van der Waals surface area (Å²) in [5, 5.41) is 11.3. The van der Waals surface area contributed by atoms with E-state index in [9.17, 15) is 13.2 Å². The van der Waals surface area contributed by atoms with E-state index in [0.717, 1.165) is 24.9 Å². The number of nitrogens with one attached hydrogen (secondary N) is 2. The van der Waals surface area contributed by atoms with Gasteiger partial charge in [0.15, 0.2) is 0 Å². The molecule has 1 aliphatic rings. The lowest BCUT2D eigenvalue weighted by Crippen LogP contribution is -2.49. The first-order valence-electron chi connectivity index (χ1n) is 7.42. The molecule has 1 atom stereocenters. The van der Waals surface area contributed by atoms with Gasteiger partial charge in [0.25, 0.3) is 0 Å². The third-order valence-corrected chi connectivity index (χ3v) is 5.03. The summed E-state index contributed by atoms with van der Waals surface area (Å²) >= 11 is 0. The number of piperidine rings is 1. The molecule has 1 amide bonds. The fourth-order valence-corrected chi connectivity index (χ4v) is 3.15. The zero-order valence-electron chi connectivity index (χ0n) is 12.8. The van der Waals surface area contributed by atoms with E-state index in [2.05, 4.69) is 10.6 Å². The number of nitrogens with two attached hydrogens (primary N) is 1. The van der Waals surface area contributed by atoms with Crippen molar-refractivity contribution in [2.45, 2.75) is 31.1 Å². The summed E-state index contributed by atoms with van der Waals surface area (Å²) in [5.41, 5.74) is 0.620. The molecule has 122 valence electrons. The Bertz CT molecular complexity index is 620. The average Bonchev–Trinajstić information content (AvgIpc) is 2.47. The third-order valence-electron chi connectivity index (χ3n) is 4.10. The van der Waals surface area contributed by atoms with Gasteiger partial charge in [0.1, 0.15) is 0 Å². The predicted molar refractivity (Wildman–Crippen MR) is 84.7 cm³/mol. The fourth-order valence-electron chi connectivity index (χ4n) is 2.63. The Morgan fingerprint density at radius 3 is 2.59 bits per heavy atom. The summed E-state index contributed by atoms with van der Waals surface area (Å²) in [7, 11) is -3.65. The number of carbonyl (C=O) groups excluding carboxylic acids is 1. The molecule has 1 aromatic carbocycles. The lowest BCUT2D eigenvalue weighted by atomic mass is 9.82. The topological polar surface area (TPSA) is 101 Å². The lowest BCUT2D eigenvalue weighted by molar-refractivity contribution is -0.131. The first kappa shape index (κ1) is 16.9. The first-order chi connectivity index (χ1) is 10.3. The van der Waals surface area contributed by atoms with Crippen molar-refractivity contribution in [3.05, 3.63) is 29.8 Å². The van der Waals surface area contributed by atoms with Crippen LogP contribution in [-0.2, 0) is 21.2 Å². The minimum absolute atomic E-state index is 0.0702. The minimum atomic E-state index is -3.65. The molecule has 0 aliphatic carbocycles. The van der Waals surface area contributed by atoms with E-state index in [1.165, 1.54) is 12.1 Å². The largest absolute Gasteiger partial charge is 0.355 e. The van der Waals surface area contributed by atoms with Gasteiger partial charge < -0.3 is 10.6 Å². The van der Waals surface area contributed by atoms with Gasteiger partial charge in [0.05, 0.1) is 10.3 Å². The van der Waals surface area contributed by atoms with Crippen LogP contribution in [0.1, 0.15) is 25.3 Å². The molecule has 0 saturated carbocycles. The zero-order chi connectivity index (χ0) is 16.2. The molecule has 6 nitrogen and oxygen atoms in total. The van der Waals surface area contributed by atoms with E-state index in [1.807, 2.05) is 6.92 Å². The molecule has 1 fully saturated rings. The van der Waals surface area contributed by atoms with E-state index in [-0.39, 0.29) is 16.2 Å². The molecule has 22 heavy (non-hydrogen) atoms. The Labute approximate surface area is 131 Å². The number of hydrogen-bond acceptors (Lipinski definition) is 4. The Kier molecular flexibility index (Phi) is 5.20. The number of sulfonamides is 1. The highest BCUT2D eigenvalue weighted by Gasteiger charge is 2.34. The minimum Gasteiger partial charge on any atom is -0.355 e. The molecule has 0 bridgehead atoms. The Hall–Kier alpha value is -1.44. The van der Waals surface area contributed by atoms with Crippen LogP contribution in [0.2, 0.25) is 0 Å². The van der Waals surface area contributed by atoms with E-state index < -0.39 is 10.0 Å². The third kappa shape index (κ3) is 4.28. The number of carbonyl (C=O) groups is 1. The Balaban J connectivity index is 1.84. The van der Waals surface area contributed by atoms with Gasteiger partial charge in [-0.15, -0.1) is 0 Å². The van der Waals surface area contributed by atoms with Crippen LogP contribution in [0.15, 0.2) is 29.2 Å². The van der Waals surface area contributed by atoms with Gasteiger partial charge in [-0.3, -0.25) is 4.79 Å². The van der Waals surface area contributed by atoms with Crippen molar-refractivity contribution in [2.75, 3.05) is 19.6 Å². The van der Waals surface area contributed by atoms with Gasteiger partial charge >= 0.3 is 0 Å². The summed E-state index contributed by atoms with van der Waals surface area (Å²) in [4.78, 5) is 12.3. The maximum atomic E-state index is 12.2. The van der Waals surface area contributed by atoms with Crippen LogP contribution in [0.4, 0.5) is 0 Å². The van der Waals surface area contributed by atoms with E-state index >= 15 is 0 Å². The second kappa shape index (κ2) is 6.76. The van der Waals surface area contributed by atoms with E-state index in [0.29, 0.717) is 19.5 Å². The van der Waals surface area contributed by atoms with Crippen LogP contribution in [0.5, 0.6) is 0 Å².